The van der Waals surface area contributed by atoms with Crippen molar-refractivity contribution >= 4 is 5.97 Å². The first-order valence-electron chi connectivity index (χ1n) is 7.73. The van der Waals surface area contributed by atoms with Crippen LogP contribution >= 0.6 is 0 Å². The van der Waals surface area contributed by atoms with Crippen LogP contribution in [0.1, 0.15) is 56.0 Å². The van der Waals surface area contributed by atoms with Crippen LogP contribution in [0.25, 0.3) is 0 Å². The molecule has 2 bridgehead atoms. The normalized spacial score (nSPS) is 33.2. The van der Waals surface area contributed by atoms with Gasteiger partial charge in [0.05, 0.1) is 5.56 Å². The van der Waals surface area contributed by atoms with Crippen molar-refractivity contribution in [2.24, 2.45) is 16.7 Å². The molecule has 0 spiro atoms. The van der Waals surface area contributed by atoms with Gasteiger partial charge in [-0.2, -0.15) is 0 Å². The molecule has 0 heterocycles. The third-order valence-electron chi connectivity index (χ3n) is 6.37. The Bertz CT molecular complexity index is 593. The van der Waals surface area contributed by atoms with Crippen LogP contribution < -0.4 is 0 Å². The van der Waals surface area contributed by atoms with E-state index in [2.05, 4.69) is 20.8 Å². The molecule has 21 heavy (non-hydrogen) atoms. The smallest absolute Gasteiger partial charge is 0.338 e. The summed E-state index contributed by atoms with van der Waals surface area (Å²) in [7, 11) is 0. The average Bonchev–Trinajstić information content (AvgIpc) is 2.71. The minimum atomic E-state index is -0.322. The number of hydrogen-bond donors (Lipinski definition) is 0. The molecule has 0 saturated heterocycles. The van der Waals surface area contributed by atoms with Crippen LogP contribution in [-0.4, -0.2) is 12.1 Å². The van der Waals surface area contributed by atoms with Crippen molar-refractivity contribution in [3.05, 3.63) is 35.1 Å². The van der Waals surface area contributed by atoms with E-state index in [1.54, 1.807) is 6.92 Å². The Morgan fingerprint density at radius 2 is 2.05 bits per heavy atom. The Morgan fingerprint density at radius 1 is 1.33 bits per heavy atom. The van der Waals surface area contributed by atoms with Crippen molar-refractivity contribution in [1.82, 2.24) is 0 Å². The van der Waals surface area contributed by atoms with Gasteiger partial charge in [0, 0.05) is 5.41 Å². The summed E-state index contributed by atoms with van der Waals surface area (Å²) in [6, 6.07) is 4.22. The van der Waals surface area contributed by atoms with E-state index in [1.165, 1.54) is 24.6 Å². The van der Waals surface area contributed by atoms with Gasteiger partial charge in [-0.3, -0.25) is 0 Å². The number of rotatable bonds is 2. The molecular formula is C18H23FO2. The zero-order chi connectivity index (χ0) is 15.4. The first kappa shape index (κ1) is 14.6. The lowest BCUT2D eigenvalue weighted by Crippen LogP contribution is -2.38. The van der Waals surface area contributed by atoms with Crippen LogP contribution in [0.15, 0.2) is 18.2 Å². The highest BCUT2D eigenvalue weighted by molar-refractivity contribution is 5.91. The molecule has 0 aromatic heterocycles. The molecule has 2 aliphatic rings. The Balaban J connectivity index is 1.80. The molecule has 3 unspecified atom stereocenters. The molecule has 3 heteroatoms. The molecule has 2 fully saturated rings. The summed E-state index contributed by atoms with van der Waals surface area (Å²) in [5.41, 5.74) is 1.38. The van der Waals surface area contributed by atoms with Crippen molar-refractivity contribution in [2.75, 3.05) is 0 Å². The minimum absolute atomic E-state index is 0.0248. The van der Waals surface area contributed by atoms with Gasteiger partial charge in [0.15, 0.2) is 0 Å². The number of aryl methyl sites for hydroxylation is 1. The topological polar surface area (TPSA) is 26.3 Å². The number of fused-ring (bicyclic) bond motifs is 2. The first-order valence-corrected chi connectivity index (χ1v) is 7.73. The Kier molecular flexibility index (Phi) is 3.16. The van der Waals surface area contributed by atoms with Gasteiger partial charge < -0.3 is 4.74 Å². The second-order valence-electron chi connectivity index (χ2n) is 7.46. The highest BCUT2D eigenvalue weighted by atomic mass is 19.1. The minimum Gasteiger partial charge on any atom is -0.458 e. The molecule has 3 rings (SSSR count). The van der Waals surface area contributed by atoms with Crippen LogP contribution in [0.2, 0.25) is 0 Å². The summed E-state index contributed by atoms with van der Waals surface area (Å²) >= 11 is 0. The third-order valence-corrected chi connectivity index (χ3v) is 6.37. The van der Waals surface area contributed by atoms with E-state index in [0.717, 1.165) is 12.8 Å². The molecule has 2 aliphatic carbocycles. The van der Waals surface area contributed by atoms with Crippen LogP contribution in [-0.2, 0) is 4.74 Å². The maximum atomic E-state index is 13.1. The fraction of sp³-hybridized carbons (Fsp3) is 0.611. The Morgan fingerprint density at radius 3 is 2.57 bits per heavy atom. The molecule has 1 aromatic carbocycles. The van der Waals surface area contributed by atoms with Crippen LogP contribution in [0.5, 0.6) is 0 Å². The number of carbonyl (C=O) groups excluding carboxylic acids is 1. The summed E-state index contributed by atoms with van der Waals surface area (Å²) in [6.45, 7) is 8.57. The Labute approximate surface area is 125 Å². The zero-order valence-electron chi connectivity index (χ0n) is 13.2. The summed E-state index contributed by atoms with van der Waals surface area (Å²) < 4.78 is 19.0. The quantitative estimate of drug-likeness (QED) is 0.749. The van der Waals surface area contributed by atoms with Gasteiger partial charge in [-0.05, 0) is 61.3 Å². The lowest BCUT2D eigenvalue weighted by molar-refractivity contribution is -0.0243. The van der Waals surface area contributed by atoms with Gasteiger partial charge >= 0.3 is 5.97 Å². The molecule has 0 N–H and O–H groups in total. The average molecular weight is 290 g/mol. The molecule has 114 valence electrons. The summed E-state index contributed by atoms with van der Waals surface area (Å²) in [5.74, 6) is -0.00578. The van der Waals surface area contributed by atoms with Gasteiger partial charge in [-0.25, -0.2) is 9.18 Å². The van der Waals surface area contributed by atoms with Crippen LogP contribution in [0, 0.1) is 29.5 Å². The lowest BCUT2D eigenvalue weighted by Gasteiger charge is -2.38. The van der Waals surface area contributed by atoms with E-state index < -0.39 is 0 Å². The third kappa shape index (κ3) is 2.01. The highest BCUT2D eigenvalue weighted by Crippen LogP contribution is 2.66. The first-order chi connectivity index (χ1) is 9.75. The summed E-state index contributed by atoms with van der Waals surface area (Å²) in [5, 5.41) is 0. The summed E-state index contributed by atoms with van der Waals surface area (Å²) in [4.78, 5) is 12.4. The zero-order valence-corrected chi connectivity index (χ0v) is 13.2. The standard InChI is InChI=1S/C18H23FO2/c1-11-9-13(19)5-6-14(11)16(20)21-15-10-12-7-8-18(15,4)17(12,2)3/h5-6,9,12,15H,7-8,10H2,1-4H3. The van der Waals surface area contributed by atoms with Gasteiger partial charge in [-0.1, -0.05) is 20.8 Å². The fourth-order valence-electron chi connectivity index (χ4n) is 4.36. The molecule has 2 nitrogen and oxygen atoms in total. The van der Waals surface area contributed by atoms with Crippen LogP contribution in [0.3, 0.4) is 0 Å². The summed E-state index contributed by atoms with van der Waals surface area (Å²) in [6.07, 6.45) is 3.27. The number of halogens is 1. The number of carbonyl (C=O) groups is 1. The van der Waals surface area contributed by atoms with E-state index >= 15 is 0 Å². The van der Waals surface area contributed by atoms with E-state index in [4.69, 9.17) is 4.74 Å². The van der Waals surface area contributed by atoms with Crippen LogP contribution in [0.4, 0.5) is 4.39 Å². The van der Waals surface area contributed by atoms with Gasteiger partial charge in [0.1, 0.15) is 11.9 Å². The SMILES string of the molecule is Cc1cc(F)ccc1C(=O)OC1CC2CCC1(C)C2(C)C. The maximum absolute atomic E-state index is 13.1. The molecule has 2 saturated carbocycles. The molecule has 0 aliphatic heterocycles. The van der Waals surface area contributed by atoms with Gasteiger partial charge in [0.2, 0.25) is 0 Å². The van der Waals surface area contributed by atoms with E-state index in [0.29, 0.717) is 17.0 Å². The fourth-order valence-corrected chi connectivity index (χ4v) is 4.36. The second kappa shape index (κ2) is 4.56. The number of hydrogen-bond acceptors (Lipinski definition) is 2. The van der Waals surface area contributed by atoms with Gasteiger partial charge in [-0.15, -0.1) is 0 Å². The molecule has 3 atom stereocenters. The predicted molar refractivity (Wildman–Crippen MR) is 79.6 cm³/mol. The maximum Gasteiger partial charge on any atom is 0.338 e. The van der Waals surface area contributed by atoms with E-state index in [9.17, 15) is 9.18 Å². The number of esters is 1. The molecule has 0 radical (unpaired) electrons. The number of ether oxygens (including phenoxy) is 1. The lowest BCUT2D eigenvalue weighted by atomic mass is 9.70. The van der Waals surface area contributed by atoms with Crippen molar-refractivity contribution < 1.29 is 13.9 Å². The van der Waals surface area contributed by atoms with Gasteiger partial charge in [0.25, 0.3) is 0 Å². The molecular weight excluding hydrogens is 267 g/mol. The van der Waals surface area contributed by atoms with E-state index in [-0.39, 0.29) is 28.7 Å². The highest BCUT2D eigenvalue weighted by Gasteiger charge is 2.62. The predicted octanol–water partition coefficient (Wildman–Crippen LogP) is 4.51. The molecule has 0 amide bonds. The van der Waals surface area contributed by atoms with E-state index in [1.807, 2.05) is 0 Å². The van der Waals surface area contributed by atoms with Crippen molar-refractivity contribution in [3.8, 4) is 0 Å². The monoisotopic (exact) mass is 290 g/mol. The second-order valence-corrected chi connectivity index (χ2v) is 7.46. The van der Waals surface area contributed by atoms with Crippen molar-refractivity contribution in [3.63, 3.8) is 0 Å². The number of benzene rings is 1. The largest absolute Gasteiger partial charge is 0.458 e. The van der Waals surface area contributed by atoms with Crippen molar-refractivity contribution in [2.45, 2.75) is 53.1 Å². The Hall–Kier alpha value is -1.38. The van der Waals surface area contributed by atoms with Crippen molar-refractivity contribution in [1.29, 1.82) is 0 Å². The molecule has 1 aromatic rings.